The molecule has 1 aromatic rings. The van der Waals surface area contributed by atoms with E-state index in [2.05, 4.69) is 27.8 Å². The van der Waals surface area contributed by atoms with E-state index < -0.39 is 0 Å². The minimum Gasteiger partial charge on any atom is -0.299 e. The van der Waals surface area contributed by atoms with E-state index in [0.29, 0.717) is 4.47 Å². The number of hydrogen-bond acceptors (Lipinski definition) is 3. The van der Waals surface area contributed by atoms with E-state index in [1.54, 1.807) is 12.1 Å². The summed E-state index contributed by atoms with van der Waals surface area (Å²) < 4.78 is 0.547. The number of nitrogens with zero attached hydrogens (tertiary/aromatic N) is 2. The summed E-state index contributed by atoms with van der Waals surface area (Å²) in [7, 11) is 0. The monoisotopic (exact) mass is 326 g/mol. The molecule has 104 valence electrons. The normalized spacial score (nSPS) is 21.1. The van der Waals surface area contributed by atoms with Crippen LogP contribution in [-0.4, -0.2) is 22.9 Å². The molecule has 0 saturated carbocycles. The Morgan fingerprint density at radius 1 is 1.42 bits per heavy atom. The van der Waals surface area contributed by atoms with Gasteiger partial charge in [0.2, 0.25) is 0 Å². The fourth-order valence-electron chi connectivity index (χ4n) is 2.54. The Morgan fingerprint density at radius 3 is 2.95 bits per heavy atom. The van der Waals surface area contributed by atoms with Gasteiger partial charge in [-0.15, -0.1) is 0 Å². The Balaban J connectivity index is 2.06. The number of nitro groups is 1. The first-order chi connectivity index (χ1) is 9.06. The lowest BCUT2D eigenvalue weighted by Gasteiger charge is -2.19. The highest BCUT2D eigenvalue weighted by Gasteiger charge is 2.16. The first-order valence-corrected chi connectivity index (χ1v) is 7.50. The molecule has 1 aliphatic heterocycles. The lowest BCUT2D eigenvalue weighted by atomic mass is 10.0. The topological polar surface area (TPSA) is 46.4 Å². The number of rotatable bonds is 3. The summed E-state index contributed by atoms with van der Waals surface area (Å²) in [5.41, 5.74) is 1.17. The predicted molar refractivity (Wildman–Crippen MR) is 79.1 cm³/mol. The molecule has 0 N–H and O–H groups in total. The zero-order chi connectivity index (χ0) is 13.8. The lowest BCUT2D eigenvalue weighted by molar-refractivity contribution is -0.385. The van der Waals surface area contributed by atoms with Gasteiger partial charge in [0.1, 0.15) is 0 Å². The van der Waals surface area contributed by atoms with Crippen molar-refractivity contribution in [3.63, 3.8) is 0 Å². The smallest absolute Gasteiger partial charge is 0.283 e. The van der Waals surface area contributed by atoms with Crippen molar-refractivity contribution in [3.8, 4) is 0 Å². The van der Waals surface area contributed by atoms with E-state index in [4.69, 9.17) is 0 Å². The van der Waals surface area contributed by atoms with Crippen LogP contribution in [0.1, 0.15) is 31.7 Å². The van der Waals surface area contributed by atoms with E-state index in [9.17, 15) is 10.1 Å². The summed E-state index contributed by atoms with van der Waals surface area (Å²) >= 11 is 3.22. The highest BCUT2D eigenvalue weighted by Crippen LogP contribution is 2.26. The average Bonchev–Trinajstić information content (AvgIpc) is 2.56. The van der Waals surface area contributed by atoms with Gasteiger partial charge in [-0.1, -0.05) is 13.0 Å². The summed E-state index contributed by atoms with van der Waals surface area (Å²) in [5.74, 6) is 0.796. The molecule has 0 bridgehead atoms. The van der Waals surface area contributed by atoms with Crippen LogP contribution in [0.5, 0.6) is 0 Å². The van der Waals surface area contributed by atoms with Crippen molar-refractivity contribution in [2.45, 2.75) is 32.7 Å². The van der Waals surface area contributed by atoms with Crippen LogP contribution >= 0.6 is 15.9 Å². The van der Waals surface area contributed by atoms with E-state index in [1.165, 1.54) is 19.3 Å². The number of benzene rings is 1. The van der Waals surface area contributed by atoms with Gasteiger partial charge < -0.3 is 0 Å². The van der Waals surface area contributed by atoms with Crippen LogP contribution in [0, 0.1) is 16.0 Å². The third kappa shape index (κ3) is 4.01. The Labute approximate surface area is 122 Å². The fourth-order valence-corrected chi connectivity index (χ4v) is 2.93. The third-order valence-electron chi connectivity index (χ3n) is 3.72. The van der Waals surface area contributed by atoms with Crippen molar-refractivity contribution in [2.24, 2.45) is 5.92 Å². The number of nitro benzene ring substituents is 1. The third-order valence-corrected chi connectivity index (χ3v) is 4.39. The van der Waals surface area contributed by atoms with Crippen LogP contribution in [0.15, 0.2) is 22.7 Å². The van der Waals surface area contributed by atoms with Crippen LogP contribution in [0.4, 0.5) is 5.69 Å². The molecule has 0 amide bonds. The average molecular weight is 327 g/mol. The van der Waals surface area contributed by atoms with Gasteiger partial charge >= 0.3 is 0 Å². The Kier molecular flexibility index (Phi) is 4.93. The first-order valence-electron chi connectivity index (χ1n) is 6.71. The standard InChI is InChI=1S/C14H19BrN2O2/c1-11-3-2-7-16(8-6-11)10-12-4-5-13(15)14(9-12)17(18)19/h4-5,9,11H,2-3,6-8,10H2,1H3. The molecule has 1 heterocycles. The Morgan fingerprint density at radius 2 is 2.21 bits per heavy atom. The molecule has 0 aliphatic carbocycles. The maximum absolute atomic E-state index is 10.9. The van der Waals surface area contributed by atoms with Crippen LogP contribution in [-0.2, 0) is 6.54 Å². The van der Waals surface area contributed by atoms with E-state index in [-0.39, 0.29) is 10.6 Å². The molecule has 2 rings (SSSR count). The minimum atomic E-state index is -0.335. The summed E-state index contributed by atoms with van der Waals surface area (Å²) in [6.45, 7) is 5.29. The van der Waals surface area contributed by atoms with Gasteiger partial charge in [0.25, 0.3) is 5.69 Å². The van der Waals surface area contributed by atoms with Crippen molar-refractivity contribution >= 4 is 21.6 Å². The van der Waals surface area contributed by atoms with Crippen LogP contribution in [0.25, 0.3) is 0 Å². The van der Waals surface area contributed by atoms with Gasteiger partial charge in [0.05, 0.1) is 9.40 Å². The van der Waals surface area contributed by atoms with E-state index in [0.717, 1.165) is 31.1 Å². The molecule has 0 aromatic heterocycles. The second kappa shape index (κ2) is 6.48. The zero-order valence-corrected chi connectivity index (χ0v) is 12.7. The molecule has 1 saturated heterocycles. The van der Waals surface area contributed by atoms with Gasteiger partial charge in [-0.3, -0.25) is 15.0 Å². The van der Waals surface area contributed by atoms with Crippen molar-refractivity contribution < 1.29 is 4.92 Å². The molecule has 1 fully saturated rings. The molecular weight excluding hydrogens is 308 g/mol. The molecule has 0 spiro atoms. The molecule has 1 atom stereocenters. The molecular formula is C14H19BrN2O2. The molecule has 1 aromatic carbocycles. The molecule has 5 heteroatoms. The van der Waals surface area contributed by atoms with Gasteiger partial charge in [0.15, 0.2) is 0 Å². The van der Waals surface area contributed by atoms with Crippen molar-refractivity contribution in [1.29, 1.82) is 0 Å². The number of hydrogen-bond donors (Lipinski definition) is 0. The molecule has 1 unspecified atom stereocenters. The lowest BCUT2D eigenvalue weighted by Crippen LogP contribution is -2.24. The van der Waals surface area contributed by atoms with Gasteiger partial charge in [-0.25, -0.2) is 0 Å². The summed E-state index contributed by atoms with van der Waals surface area (Å²) in [4.78, 5) is 13.0. The molecule has 19 heavy (non-hydrogen) atoms. The maximum atomic E-state index is 10.9. The first kappa shape index (κ1) is 14.5. The summed E-state index contributed by atoms with van der Waals surface area (Å²) in [6, 6.07) is 5.41. The highest BCUT2D eigenvalue weighted by molar-refractivity contribution is 9.10. The maximum Gasteiger partial charge on any atom is 0.283 e. The quantitative estimate of drug-likeness (QED) is 0.623. The molecule has 1 aliphatic rings. The second-order valence-electron chi connectivity index (χ2n) is 5.36. The van der Waals surface area contributed by atoms with E-state index >= 15 is 0 Å². The highest BCUT2D eigenvalue weighted by atomic mass is 79.9. The van der Waals surface area contributed by atoms with Crippen LogP contribution < -0.4 is 0 Å². The van der Waals surface area contributed by atoms with Gasteiger partial charge in [-0.05, 0) is 65.8 Å². The Hall–Kier alpha value is -0.940. The SMILES string of the molecule is CC1CCCN(Cc2ccc(Br)c([N+](=O)[O-])c2)CC1. The van der Waals surface area contributed by atoms with Gasteiger partial charge in [-0.2, -0.15) is 0 Å². The van der Waals surface area contributed by atoms with E-state index in [1.807, 2.05) is 6.07 Å². The van der Waals surface area contributed by atoms with Gasteiger partial charge in [0, 0.05) is 12.6 Å². The minimum absolute atomic E-state index is 0.153. The van der Waals surface area contributed by atoms with Crippen molar-refractivity contribution in [1.82, 2.24) is 4.90 Å². The summed E-state index contributed by atoms with van der Waals surface area (Å²) in [6.07, 6.45) is 3.73. The Bertz CT molecular complexity index is 465. The number of halogens is 1. The number of likely N-dealkylation sites (tertiary alicyclic amines) is 1. The van der Waals surface area contributed by atoms with Crippen LogP contribution in [0.2, 0.25) is 0 Å². The molecule has 0 radical (unpaired) electrons. The van der Waals surface area contributed by atoms with Crippen molar-refractivity contribution in [2.75, 3.05) is 13.1 Å². The predicted octanol–water partition coefficient (Wildman–Crippen LogP) is 3.98. The van der Waals surface area contributed by atoms with Crippen LogP contribution in [0.3, 0.4) is 0 Å². The zero-order valence-electron chi connectivity index (χ0n) is 11.1. The van der Waals surface area contributed by atoms with Crippen molar-refractivity contribution in [3.05, 3.63) is 38.3 Å². The fraction of sp³-hybridized carbons (Fsp3) is 0.571. The second-order valence-corrected chi connectivity index (χ2v) is 6.21. The molecule has 4 nitrogen and oxygen atoms in total. The summed E-state index contributed by atoms with van der Waals surface area (Å²) in [5, 5.41) is 10.9. The largest absolute Gasteiger partial charge is 0.299 e.